The second-order valence-electron chi connectivity index (χ2n) is 3.55. The zero-order valence-electron chi connectivity index (χ0n) is 9.70. The first kappa shape index (κ1) is 12.6. The lowest BCUT2D eigenvalue weighted by Gasteiger charge is -2.23. The van der Waals surface area contributed by atoms with Gasteiger partial charge in [0.25, 0.3) is 0 Å². The van der Waals surface area contributed by atoms with Gasteiger partial charge >= 0.3 is 0 Å². The van der Waals surface area contributed by atoms with Crippen LogP contribution in [0.1, 0.15) is 26.3 Å². The van der Waals surface area contributed by atoms with E-state index in [1.807, 2.05) is 6.92 Å². The van der Waals surface area contributed by atoms with Crippen molar-refractivity contribution in [2.75, 3.05) is 19.7 Å². The maximum Gasteiger partial charge on any atom is 0.247 e. The van der Waals surface area contributed by atoms with Crippen molar-refractivity contribution in [2.24, 2.45) is 0 Å². The molecule has 1 rings (SSSR count). The Morgan fingerprint density at radius 2 is 2.38 bits per heavy atom. The van der Waals surface area contributed by atoms with Gasteiger partial charge in [0.1, 0.15) is 18.7 Å². The van der Waals surface area contributed by atoms with Gasteiger partial charge in [-0.05, 0) is 20.3 Å². The van der Waals surface area contributed by atoms with Crippen LogP contribution in [-0.2, 0) is 4.79 Å². The average Bonchev–Trinajstić information content (AvgIpc) is 2.82. The Kier molecular flexibility index (Phi) is 4.91. The fourth-order valence-corrected chi connectivity index (χ4v) is 1.48. The van der Waals surface area contributed by atoms with Gasteiger partial charge in [-0.3, -0.25) is 4.79 Å². The van der Waals surface area contributed by atoms with Crippen LogP contribution in [0, 0.1) is 0 Å². The van der Waals surface area contributed by atoms with Gasteiger partial charge in [-0.15, -0.1) is 0 Å². The molecular formula is C10H18N4O2. The van der Waals surface area contributed by atoms with Crippen LogP contribution in [0.15, 0.2) is 12.7 Å². The molecule has 0 aliphatic carbocycles. The van der Waals surface area contributed by atoms with Gasteiger partial charge in [-0.2, -0.15) is 5.10 Å². The van der Waals surface area contributed by atoms with Crippen LogP contribution in [0.2, 0.25) is 0 Å². The normalized spacial score (nSPS) is 12.4. The summed E-state index contributed by atoms with van der Waals surface area (Å²) in [6, 6.07) is -0.346. The van der Waals surface area contributed by atoms with E-state index in [9.17, 15) is 4.79 Å². The Bertz CT molecular complexity index is 313. The smallest absolute Gasteiger partial charge is 0.247 e. The van der Waals surface area contributed by atoms with Crippen molar-refractivity contribution in [3.05, 3.63) is 12.7 Å². The van der Waals surface area contributed by atoms with Crippen molar-refractivity contribution in [2.45, 2.75) is 26.3 Å². The van der Waals surface area contributed by atoms with Gasteiger partial charge in [0.15, 0.2) is 0 Å². The summed E-state index contributed by atoms with van der Waals surface area (Å²) in [6.07, 6.45) is 3.54. The van der Waals surface area contributed by atoms with Crippen LogP contribution in [0.3, 0.4) is 0 Å². The van der Waals surface area contributed by atoms with Crippen molar-refractivity contribution >= 4 is 5.91 Å². The number of carbonyl (C=O) groups excluding carboxylic acids is 1. The Labute approximate surface area is 94.9 Å². The highest BCUT2D eigenvalue weighted by molar-refractivity contribution is 5.79. The number of aromatic nitrogens is 3. The molecule has 16 heavy (non-hydrogen) atoms. The van der Waals surface area contributed by atoms with Crippen molar-refractivity contribution in [1.82, 2.24) is 19.7 Å². The Hall–Kier alpha value is -1.43. The van der Waals surface area contributed by atoms with E-state index in [0.29, 0.717) is 19.5 Å². The van der Waals surface area contributed by atoms with E-state index in [1.54, 1.807) is 11.8 Å². The highest BCUT2D eigenvalue weighted by Gasteiger charge is 2.20. The molecule has 0 radical (unpaired) electrons. The molecule has 0 spiro atoms. The third kappa shape index (κ3) is 3.03. The van der Waals surface area contributed by atoms with Gasteiger partial charge in [0.05, 0.1) is 0 Å². The molecule has 1 aromatic heterocycles. The quantitative estimate of drug-likeness (QED) is 0.745. The van der Waals surface area contributed by atoms with E-state index in [4.69, 9.17) is 5.11 Å². The Morgan fingerprint density at radius 1 is 1.62 bits per heavy atom. The maximum absolute atomic E-state index is 12.0. The number of aliphatic hydroxyl groups excluding tert-OH is 1. The first-order valence-corrected chi connectivity index (χ1v) is 5.44. The predicted octanol–water partition coefficient (Wildman–Crippen LogP) is 0.0700. The lowest BCUT2D eigenvalue weighted by atomic mass is 10.2. The number of amides is 1. The molecule has 1 unspecified atom stereocenters. The van der Waals surface area contributed by atoms with Gasteiger partial charge in [0.2, 0.25) is 5.91 Å². The second-order valence-corrected chi connectivity index (χ2v) is 3.55. The largest absolute Gasteiger partial charge is 0.396 e. The fraction of sp³-hybridized carbons (Fsp3) is 0.700. The van der Waals surface area contributed by atoms with Crippen LogP contribution < -0.4 is 0 Å². The molecule has 0 bridgehead atoms. The number of likely N-dealkylation sites (N-methyl/N-ethyl adjacent to an activating group) is 1. The number of nitrogens with zero attached hydrogens (tertiary/aromatic N) is 4. The molecule has 0 aromatic carbocycles. The van der Waals surface area contributed by atoms with E-state index in [0.717, 1.165) is 0 Å². The molecule has 0 aliphatic rings. The number of rotatable bonds is 6. The minimum atomic E-state index is -0.346. The van der Waals surface area contributed by atoms with Crippen LogP contribution in [-0.4, -0.2) is 50.4 Å². The summed E-state index contributed by atoms with van der Waals surface area (Å²) in [5, 5.41) is 12.7. The molecule has 1 aromatic rings. The molecule has 0 fully saturated rings. The summed E-state index contributed by atoms with van der Waals surface area (Å²) >= 11 is 0. The molecule has 6 heteroatoms. The zero-order chi connectivity index (χ0) is 12.0. The topological polar surface area (TPSA) is 71.2 Å². The van der Waals surface area contributed by atoms with E-state index in [2.05, 4.69) is 10.1 Å². The van der Waals surface area contributed by atoms with E-state index in [-0.39, 0.29) is 18.6 Å². The molecule has 1 amide bonds. The van der Waals surface area contributed by atoms with Crippen LogP contribution in [0.5, 0.6) is 0 Å². The molecule has 6 nitrogen and oxygen atoms in total. The first-order chi connectivity index (χ1) is 7.70. The molecule has 0 aliphatic heterocycles. The van der Waals surface area contributed by atoms with Crippen molar-refractivity contribution in [1.29, 1.82) is 0 Å². The molecule has 1 heterocycles. The second kappa shape index (κ2) is 6.22. The third-order valence-electron chi connectivity index (χ3n) is 2.47. The van der Waals surface area contributed by atoms with Crippen molar-refractivity contribution < 1.29 is 9.90 Å². The summed E-state index contributed by atoms with van der Waals surface area (Å²) in [5.41, 5.74) is 0. The SMILES string of the molecule is CCN(CCCO)C(=O)C(C)n1cncn1. The highest BCUT2D eigenvalue weighted by Crippen LogP contribution is 2.08. The number of carbonyl (C=O) groups is 1. The van der Waals surface area contributed by atoms with E-state index in [1.165, 1.54) is 17.3 Å². The summed E-state index contributed by atoms with van der Waals surface area (Å²) in [7, 11) is 0. The van der Waals surface area contributed by atoms with Gasteiger partial charge in [-0.25, -0.2) is 9.67 Å². The van der Waals surface area contributed by atoms with Crippen molar-refractivity contribution in [3.63, 3.8) is 0 Å². The van der Waals surface area contributed by atoms with E-state index >= 15 is 0 Å². The maximum atomic E-state index is 12.0. The van der Waals surface area contributed by atoms with Crippen molar-refractivity contribution in [3.8, 4) is 0 Å². The summed E-state index contributed by atoms with van der Waals surface area (Å²) in [4.78, 5) is 17.6. The van der Waals surface area contributed by atoms with Gasteiger partial charge < -0.3 is 10.0 Å². The lowest BCUT2D eigenvalue weighted by molar-refractivity contribution is -0.134. The summed E-state index contributed by atoms with van der Waals surface area (Å²) in [6.45, 7) is 5.02. The minimum Gasteiger partial charge on any atom is -0.396 e. The molecular weight excluding hydrogens is 208 g/mol. The predicted molar refractivity (Wildman–Crippen MR) is 58.7 cm³/mol. The highest BCUT2D eigenvalue weighted by atomic mass is 16.3. The number of aliphatic hydroxyl groups is 1. The zero-order valence-corrected chi connectivity index (χ0v) is 9.70. The van der Waals surface area contributed by atoms with Crippen LogP contribution in [0.25, 0.3) is 0 Å². The molecule has 1 atom stereocenters. The lowest BCUT2D eigenvalue weighted by Crippen LogP contribution is -2.37. The summed E-state index contributed by atoms with van der Waals surface area (Å²) < 4.78 is 1.53. The monoisotopic (exact) mass is 226 g/mol. The molecule has 1 N–H and O–H groups in total. The molecule has 0 saturated carbocycles. The molecule has 0 saturated heterocycles. The Balaban J connectivity index is 2.60. The van der Waals surface area contributed by atoms with Crippen LogP contribution >= 0.6 is 0 Å². The molecule has 90 valence electrons. The minimum absolute atomic E-state index is 0.00134. The number of hydrogen-bond donors (Lipinski definition) is 1. The number of hydrogen-bond acceptors (Lipinski definition) is 4. The summed E-state index contributed by atoms with van der Waals surface area (Å²) in [5.74, 6) is 0.00134. The standard InChI is InChI=1S/C10H18N4O2/c1-3-13(5-4-6-15)10(16)9(2)14-8-11-7-12-14/h7-9,15H,3-6H2,1-2H3. The fourth-order valence-electron chi connectivity index (χ4n) is 1.48. The van der Waals surface area contributed by atoms with E-state index < -0.39 is 0 Å². The average molecular weight is 226 g/mol. The third-order valence-corrected chi connectivity index (χ3v) is 2.47. The Morgan fingerprint density at radius 3 is 2.88 bits per heavy atom. The van der Waals surface area contributed by atoms with Gasteiger partial charge in [0, 0.05) is 19.7 Å². The van der Waals surface area contributed by atoms with Crippen LogP contribution in [0.4, 0.5) is 0 Å². The van der Waals surface area contributed by atoms with Gasteiger partial charge in [-0.1, -0.05) is 0 Å². The first-order valence-electron chi connectivity index (χ1n) is 5.44.